The van der Waals surface area contributed by atoms with E-state index < -0.39 is 43.1 Å². The van der Waals surface area contributed by atoms with Crippen LogP contribution >= 0.6 is 0 Å². The highest BCUT2D eigenvalue weighted by molar-refractivity contribution is 6.75. The normalized spacial score (nSPS) is 17.7. The zero-order chi connectivity index (χ0) is 39.1. The van der Waals surface area contributed by atoms with E-state index in [1.807, 2.05) is 24.3 Å². The van der Waals surface area contributed by atoms with E-state index in [1.165, 1.54) is 0 Å². The van der Waals surface area contributed by atoms with Crippen LogP contribution in [0, 0.1) is 11.8 Å². The van der Waals surface area contributed by atoms with Gasteiger partial charge in [0.1, 0.15) is 5.75 Å². The SMILES string of the molecule is COc1ccc(CO[C@@H](CC(=O)O)[C@H](O[Si](C)(C)C(C)(C)C)[C@H](O[Si](C)(C)C(C)(C)C)[C@H](C)C/C=C/[C@@H](C)[C@H](C)O[Si](C)(C)C(C)(C)C)cc1. The quantitative estimate of drug-likeness (QED) is 0.111. The van der Waals surface area contributed by atoms with Crippen molar-refractivity contribution in [3.63, 3.8) is 0 Å². The van der Waals surface area contributed by atoms with Crippen LogP contribution in [0.4, 0.5) is 0 Å². The summed E-state index contributed by atoms with van der Waals surface area (Å²) < 4.78 is 33.3. The van der Waals surface area contributed by atoms with Crippen molar-refractivity contribution in [1.82, 2.24) is 0 Å². The maximum Gasteiger partial charge on any atom is 0.306 e. The molecule has 0 aliphatic carbocycles. The molecule has 290 valence electrons. The van der Waals surface area contributed by atoms with Crippen LogP contribution in [0.25, 0.3) is 0 Å². The summed E-state index contributed by atoms with van der Waals surface area (Å²) >= 11 is 0. The number of hydrogen-bond acceptors (Lipinski definition) is 6. The third-order valence-electron chi connectivity index (χ3n) is 11.7. The largest absolute Gasteiger partial charge is 0.497 e. The Kier molecular flexibility index (Phi) is 17.0. The second-order valence-electron chi connectivity index (χ2n) is 19.1. The van der Waals surface area contributed by atoms with Crippen molar-refractivity contribution in [2.24, 2.45) is 11.8 Å². The number of benzene rings is 1. The highest BCUT2D eigenvalue weighted by Crippen LogP contribution is 2.43. The minimum atomic E-state index is -2.42. The Morgan fingerprint density at radius 2 is 1.18 bits per heavy atom. The molecule has 0 saturated carbocycles. The van der Waals surface area contributed by atoms with Crippen LogP contribution in [0.3, 0.4) is 0 Å². The molecule has 0 saturated heterocycles. The number of rotatable bonds is 19. The van der Waals surface area contributed by atoms with Gasteiger partial charge in [-0.1, -0.05) is 100 Å². The summed E-state index contributed by atoms with van der Waals surface area (Å²) in [5, 5.41) is 10.2. The lowest BCUT2D eigenvalue weighted by Gasteiger charge is -2.48. The smallest absolute Gasteiger partial charge is 0.306 e. The van der Waals surface area contributed by atoms with E-state index in [-0.39, 0.29) is 52.2 Å². The molecule has 0 aliphatic heterocycles. The molecule has 0 spiro atoms. The lowest BCUT2D eigenvalue weighted by atomic mass is 9.91. The molecule has 0 aliphatic rings. The molecule has 0 fully saturated rings. The molecule has 1 rings (SSSR count). The summed E-state index contributed by atoms with van der Waals surface area (Å²) in [6.07, 6.45) is 3.52. The van der Waals surface area contributed by atoms with Gasteiger partial charge in [-0.2, -0.15) is 0 Å². The third-order valence-corrected chi connectivity index (χ3v) is 25.2. The van der Waals surface area contributed by atoms with E-state index in [9.17, 15) is 9.90 Å². The van der Waals surface area contributed by atoms with Gasteiger partial charge >= 0.3 is 5.97 Å². The monoisotopic (exact) mass is 752 g/mol. The molecule has 10 heteroatoms. The van der Waals surface area contributed by atoms with Crippen molar-refractivity contribution in [3.05, 3.63) is 42.0 Å². The zero-order valence-electron chi connectivity index (χ0n) is 35.4. The number of carboxylic acid groups (broad SMARTS) is 1. The molecule has 0 unspecified atom stereocenters. The fourth-order valence-corrected chi connectivity index (χ4v) is 9.03. The van der Waals surface area contributed by atoms with Crippen LogP contribution in [-0.4, -0.2) is 67.6 Å². The number of hydrogen-bond donors (Lipinski definition) is 1. The standard InChI is InChI=1S/C40H76O7Si3/c1-29(31(3)45-48(14,15)38(4,5)6)21-20-22-30(2)36(46-49(16,17)39(7,8)9)37(47-50(18,19)40(10,11)12)34(27-35(41)42)44-28-32-23-25-33(43-13)26-24-32/h20-21,23-26,29-31,34,36-37H,22,27-28H2,1-19H3,(H,41,42)/b21-20+/t29-,30-,31+,34+,36-,37+/m1/s1. The maximum absolute atomic E-state index is 12.5. The molecular formula is C40H76O7Si3. The van der Waals surface area contributed by atoms with Gasteiger partial charge in [0.25, 0.3) is 0 Å². The highest BCUT2D eigenvalue weighted by Gasteiger charge is 2.48. The van der Waals surface area contributed by atoms with Crippen LogP contribution in [0.5, 0.6) is 5.75 Å². The molecule has 0 heterocycles. The van der Waals surface area contributed by atoms with Gasteiger partial charge in [-0.05, 0) is 97.3 Å². The summed E-state index contributed by atoms with van der Waals surface area (Å²) in [7, 11) is -5.02. The van der Waals surface area contributed by atoms with Crippen molar-refractivity contribution in [3.8, 4) is 5.75 Å². The average molecular weight is 753 g/mol. The van der Waals surface area contributed by atoms with Crippen LogP contribution in [0.2, 0.25) is 54.4 Å². The van der Waals surface area contributed by atoms with Crippen molar-refractivity contribution in [2.45, 2.75) is 181 Å². The Balaban J connectivity index is 3.65. The van der Waals surface area contributed by atoms with E-state index in [0.29, 0.717) is 0 Å². The van der Waals surface area contributed by atoms with Crippen molar-refractivity contribution in [1.29, 1.82) is 0 Å². The first-order valence-corrected chi connectivity index (χ1v) is 27.3. The van der Waals surface area contributed by atoms with E-state index in [2.05, 4.69) is 135 Å². The fraction of sp³-hybridized carbons (Fsp3) is 0.775. The average Bonchev–Trinajstić information content (AvgIpc) is 2.95. The fourth-order valence-electron chi connectivity index (χ4n) is 4.81. The highest BCUT2D eigenvalue weighted by atomic mass is 28.4. The van der Waals surface area contributed by atoms with Gasteiger partial charge in [-0.3, -0.25) is 4.79 Å². The Morgan fingerprint density at radius 1 is 0.740 bits per heavy atom. The molecular weight excluding hydrogens is 677 g/mol. The number of ether oxygens (including phenoxy) is 2. The summed E-state index contributed by atoms with van der Waals surface area (Å²) in [6, 6.07) is 7.69. The predicted octanol–water partition coefficient (Wildman–Crippen LogP) is 11.5. The van der Waals surface area contributed by atoms with Crippen LogP contribution in [-0.2, 0) is 29.4 Å². The molecule has 1 aromatic rings. The molecule has 1 aromatic carbocycles. The second-order valence-corrected chi connectivity index (χ2v) is 33.3. The van der Waals surface area contributed by atoms with E-state index in [0.717, 1.165) is 17.7 Å². The minimum absolute atomic E-state index is 0.0276. The van der Waals surface area contributed by atoms with Gasteiger partial charge in [0.15, 0.2) is 25.0 Å². The molecule has 0 radical (unpaired) electrons. The minimum Gasteiger partial charge on any atom is -0.497 e. The molecule has 6 atom stereocenters. The Hall–Kier alpha value is -1.28. The predicted molar refractivity (Wildman–Crippen MR) is 218 cm³/mol. The maximum atomic E-state index is 12.5. The van der Waals surface area contributed by atoms with Gasteiger partial charge < -0.3 is 27.9 Å². The summed E-state index contributed by atoms with van der Waals surface area (Å²) in [4.78, 5) is 12.5. The topological polar surface area (TPSA) is 83.5 Å². The number of methoxy groups -OCH3 is 1. The Bertz CT molecular complexity index is 1210. The number of carboxylic acids is 1. The van der Waals surface area contributed by atoms with Gasteiger partial charge in [0.05, 0.1) is 38.4 Å². The molecule has 0 amide bonds. The van der Waals surface area contributed by atoms with E-state index in [1.54, 1.807) is 7.11 Å². The molecule has 0 aromatic heterocycles. The lowest BCUT2D eigenvalue weighted by Crippen LogP contribution is -2.57. The number of aliphatic carboxylic acids is 1. The van der Waals surface area contributed by atoms with Crippen LogP contribution < -0.4 is 4.74 Å². The van der Waals surface area contributed by atoms with E-state index >= 15 is 0 Å². The van der Waals surface area contributed by atoms with E-state index in [4.69, 9.17) is 22.8 Å². The van der Waals surface area contributed by atoms with Gasteiger partial charge in [0, 0.05) is 6.10 Å². The van der Waals surface area contributed by atoms with Gasteiger partial charge in [0.2, 0.25) is 0 Å². The summed E-state index contributed by atoms with van der Waals surface area (Å²) in [6.45, 7) is 40.6. The first kappa shape index (κ1) is 46.7. The zero-order valence-corrected chi connectivity index (χ0v) is 38.4. The van der Waals surface area contributed by atoms with Gasteiger partial charge in [-0.25, -0.2) is 0 Å². The summed E-state index contributed by atoms with van der Waals surface area (Å²) in [5.41, 5.74) is 0.938. The lowest BCUT2D eigenvalue weighted by molar-refractivity contribution is -0.147. The third kappa shape index (κ3) is 13.9. The Morgan fingerprint density at radius 3 is 1.60 bits per heavy atom. The molecule has 50 heavy (non-hydrogen) atoms. The van der Waals surface area contributed by atoms with Crippen LogP contribution in [0.1, 0.15) is 101 Å². The van der Waals surface area contributed by atoms with Crippen molar-refractivity contribution < 1.29 is 32.7 Å². The molecule has 1 N–H and O–H groups in total. The first-order valence-electron chi connectivity index (χ1n) is 18.6. The second kappa shape index (κ2) is 18.2. The first-order chi connectivity index (χ1) is 22.5. The molecule has 0 bridgehead atoms. The number of allylic oxidation sites excluding steroid dienone is 1. The van der Waals surface area contributed by atoms with Crippen molar-refractivity contribution in [2.75, 3.05) is 7.11 Å². The van der Waals surface area contributed by atoms with Crippen LogP contribution in [0.15, 0.2) is 36.4 Å². The number of carbonyl (C=O) groups is 1. The summed E-state index contributed by atoms with van der Waals surface area (Å²) in [5.74, 6) is 0.106. The van der Waals surface area contributed by atoms with Crippen molar-refractivity contribution >= 4 is 30.9 Å². The van der Waals surface area contributed by atoms with Gasteiger partial charge in [-0.15, -0.1) is 0 Å². The molecule has 7 nitrogen and oxygen atoms in total. The Labute approximate surface area is 310 Å².